The van der Waals surface area contributed by atoms with E-state index in [9.17, 15) is 0 Å². The molecule has 0 saturated heterocycles. The highest BCUT2D eigenvalue weighted by Crippen LogP contribution is 1.85. The lowest BCUT2D eigenvalue weighted by Crippen LogP contribution is -1.61. The van der Waals surface area contributed by atoms with Gasteiger partial charge >= 0.3 is 0 Å². The lowest BCUT2D eigenvalue weighted by atomic mass is 10.5. The van der Waals surface area contributed by atoms with Gasteiger partial charge in [0.05, 0.1) is 0 Å². The zero-order valence-corrected chi connectivity index (χ0v) is 7.49. The number of alkyl halides is 1. The van der Waals surface area contributed by atoms with Gasteiger partial charge in [0.2, 0.25) is 0 Å². The molecule has 2 heteroatoms. The molecule has 0 rings (SSSR count). The Bertz CT molecular complexity index is 67.4. The number of hydrogen-bond acceptors (Lipinski definition) is 0. The van der Waals surface area contributed by atoms with Gasteiger partial charge in [-0.3, -0.25) is 0 Å². The summed E-state index contributed by atoms with van der Waals surface area (Å²) in [6, 6.07) is 0. The molecule has 0 aliphatic rings. The van der Waals surface area contributed by atoms with E-state index in [0.717, 1.165) is 10.8 Å². The van der Waals surface area contributed by atoms with Crippen molar-refractivity contribution in [1.29, 1.82) is 0 Å². The Morgan fingerprint density at radius 3 is 2.33 bits per heavy atom. The van der Waals surface area contributed by atoms with Crippen molar-refractivity contribution >= 4 is 45.2 Å². The van der Waals surface area contributed by atoms with Gasteiger partial charge in [0.25, 0.3) is 0 Å². The van der Waals surface area contributed by atoms with Crippen LogP contribution in [0.3, 0.4) is 0 Å². The van der Waals surface area contributed by atoms with E-state index in [4.69, 9.17) is 0 Å². The van der Waals surface area contributed by atoms with Crippen LogP contribution in [0.4, 0.5) is 0 Å². The molecule has 0 bridgehead atoms. The summed E-state index contributed by atoms with van der Waals surface area (Å²) in [5.41, 5.74) is 0. The van der Waals surface area contributed by atoms with Crippen LogP contribution < -0.4 is 0 Å². The third-order valence-electron chi connectivity index (χ3n) is 0.286. The van der Waals surface area contributed by atoms with Gasteiger partial charge in [0.15, 0.2) is 0 Å². The molecule has 0 unspecified atom stereocenters. The standard InChI is InChI=1S/C4H4I2/c5-3-1-2-4-6/h1,3H2. The molecule has 0 aromatic carbocycles. The Kier molecular flexibility index (Phi) is 7.04. The van der Waals surface area contributed by atoms with Crippen molar-refractivity contribution in [2.45, 2.75) is 6.42 Å². The molecule has 6 heavy (non-hydrogen) atoms. The molecule has 0 aliphatic carbocycles. The van der Waals surface area contributed by atoms with Crippen molar-refractivity contribution in [3.63, 3.8) is 0 Å². The molecule has 0 radical (unpaired) electrons. The minimum atomic E-state index is 1.03. The average Bonchev–Trinajstić information content (AvgIpc) is 1.61. The first kappa shape index (κ1) is 7.02. The fourth-order valence-corrected chi connectivity index (χ4v) is 0.634. The van der Waals surface area contributed by atoms with Crippen LogP contribution in [0.15, 0.2) is 0 Å². The van der Waals surface area contributed by atoms with Gasteiger partial charge in [-0.05, 0) is 3.93 Å². The summed E-state index contributed by atoms with van der Waals surface area (Å²) >= 11 is 4.35. The average molecular weight is 306 g/mol. The summed E-state index contributed by atoms with van der Waals surface area (Å²) in [7, 11) is 0. The van der Waals surface area contributed by atoms with Gasteiger partial charge in [-0.2, -0.15) is 0 Å². The molecular formula is C4H4I2. The fraction of sp³-hybridized carbons (Fsp3) is 0.500. The molecular weight excluding hydrogens is 302 g/mol. The minimum Gasteiger partial charge on any atom is -0.0911 e. The molecule has 0 aliphatic heterocycles. The third kappa shape index (κ3) is 5.02. The summed E-state index contributed by atoms with van der Waals surface area (Å²) in [5.74, 6) is 2.93. The van der Waals surface area contributed by atoms with Gasteiger partial charge in [0, 0.05) is 33.4 Å². The van der Waals surface area contributed by atoms with Crippen LogP contribution in [0.25, 0.3) is 0 Å². The molecule has 0 aromatic rings. The normalized spacial score (nSPS) is 6.33. The largest absolute Gasteiger partial charge is 0.0911 e. The van der Waals surface area contributed by atoms with Gasteiger partial charge in [-0.1, -0.05) is 28.5 Å². The Morgan fingerprint density at radius 2 is 2.17 bits per heavy atom. The highest BCUT2D eigenvalue weighted by molar-refractivity contribution is 14.1. The first-order chi connectivity index (χ1) is 2.91. The van der Waals surface area contributed by atoms with E-state index < -0.39 is 0 Å². The predicted octanol–water partition coefficient (Wildman–Crippen LogP) is 2.21. The van der Waals surface area contributed by atoms with Gasteiger partial charge < -0.3 is 0 Å². The Labute approximate surface area is 65.4 Å². The molecule has 0 nitrogen and oxygen atoms in total. The summed E-state index contributed by atoms with van der Waals surface area (Å²) in [4.78, 5) is 0. The van der Waals surface area contributed by atoms with E-state index in [1.54, 1.807) is 0 Å². The summed E-state index contributed by atoms with van der Waals surface area (Å²) in [6.07, 6.45) is 1.03. The second-order valence-electron chi connectivity index (χ2n) is 0.710. The first-order valence-electron chi connectivity index (χ1n) is 1.56. The van der Waals surface area contributed by atoms with Gasteiger partial charge in [-0.15, -0.1) is 0 Å². The van der Waals surface area contributed by atoms with E-state index in [-0.39, 0.29) is 0 Å². The number of halogens is 2. The van der Waals surface area contributed by atoms with Crippen molar-refractivity contribution in [3.8, 4) is 9.85 Å². The van der Waals surface area contributed by atoms with Crippen LogP contribution in [0, 0.1) is 9.85 Å². The van der Waals surface area contributed by atoms with E-state index in [0.29, 0.717) is 0 Å². The monoisotopic (exact) mass is 306 g/mol. The minimum absolute atomic E-state index is 1.03. The Morgan fingerprint density at radius 1 is 1.50 bits per heavy atom. The molecule has 0 saturated carbocycles. The van der Waals surface area contributed by atoms with Gasteiger partial charge in [0.1, 0.15) is 0 Å². The zero-order chi connectivity index (χ0) is 4.83. The summed E-state index contributed by atoms with van der Waals surface area (Å²) in [6.45, 7) is 0. The van der Waals surface area contributed by atoms with E-state index in [2.05, 4.69) is 32.4 Å². The van der Waals surface area contributed by atoms with E-state index in [1.165, 1.54) is 0 Å². The van der Waals surface area contributed by atoms with Crippen molar-refractivity contribution in [3.05, 3.63) is 0 Å². The lowest BCUT2D eigenvalue weighted by Gasteiger charge is -1.69. The van der Waals surface area contributed by atoms with Crippen molar-refractivity contribution in [2.24, 2.45) is 0 Å². The topological polar surface area (TPSA) is 0 Å². The molecule has 0 fully saturated rings. The quantitative estimate of drug-likeness (QED) is 0.396. The maximum atomic E-state index is 2.93. The first-order valence-corrected chi connectivity index (χ1v) is 4.16. The Balaban J connectivity index is 2.79. The van der Waals surface area contributed by atoms with Crippen molar-refractivity contribution in [2.75, 3.05) is 4.43 Å². The van der Waals surface area contributed by atoms with Crippen molar-refractivity contribution in [1.82, 2.24) is 0 Å². The molecule has 0 spiro atoms. The van der Waals surface area contributed by atoms with E-state index in [1.807, 2.05) is 22.6 Å². The molecule has 0 N–H and O–H groups in total. The molecule has 0 aromatic heterocycles. The SMILES string of the molecule is IC#CCCI. The second-order valence-corrected chi connectivity index (χ2v) is 2.33. The van der Waals surface area contributed by atoms with E-state index >= 15 is 0 Å². The summed E-state index contributed by atoms with van der Waals surface area (Å²) < 4.78 is 3.93. The van der Waals surface area contributed by atoms with Gasteiger partial charge in [-0.25, -0.2) is 0 Å². The second kappa shape index (κ2) is 6.02. The number of rotatable bonds is 1. The van der Waals surface area contributed by atoms with Crippen molar-refractivity contribution < 1.29 is 0 Å². The third-order valence-corrected chi connectivity index (χ3v) is 1.21. The zero-order valence-electron chi connectivity index (χ0n) is 3.17. The Hall–Kier alpha value is 1.02. The van der Waals surface area contributed by atoms with Crippen LogP contribution in [0.5, 0.6) is 0 Å². The molecule has 34 valence electrons. The molecule has 0 heterocycles. The highest BCUT2D eigenvalue weighted by Gasteiger charge is 1.66. The summed E-state index contributed by atoms with van der Waals surface area (Å²) in [5, 5.41) is 0. The smallest absolute Gasteiger partial charge is 0.0187 e. The predicted molar refractivity (Wildman–Crippen MR) is 45.3 cm³/mol. The maximum absolute atomic E-state index is 2.93. The fourth-order valence-electron chi connectivity index (χ4n) is 0.0945. The number of hydrogen-bond donors (Lipinski definition) is 0. The molecule has 0 atom stereocenters. The van der Waals surface area contributed by atoms with Crippen LogP contribution in [0.2, 0.25) is 0 Å². The van der Waals surface area contributed by atoms with Crippen LogP contribution in [-0.4, -0.2) is 4.43 Å². The molecule has 0 amide bonds. The maximum Gasteiger partial charge on any atom is 0.0187 e. The lowest BCUT2D eigenvalue weighted by molar-refractivity contribution is 1.34. The van der Waals surface area contributed by atoms with Crippen LogP contribution in [-0.2, 0) is 0 Å². The van der Waals surface area contributed by atoms with Crippen LogP contribution >= 0.6 is 45.2 Å². The highest BCUT2D eigenvalue weighted by atomic mass is 127. The van der Waals surface area contributed by atoms with Crippen LogP contribution in [0.1, 0.15) is 6.42 Å².